The minimum atomic E-state index is -0.194. The summed E-state index contributed by atoms with van der Waals surface area (Å²) in [6.07, 6.45) is 4.09. The zero-order chi connectivity index (χ0) is 11.6. The van der Waals surface area contributed by atoms with Gasteiger partial charge in [0.2, 0.25) is 0 Å². The van der Waals surface area contributed by atoms with Crippen molar-refractivity contribution in [2.75, 3.05) is 0 Å². The smallest absolute Gasteiger partial charge is 0.0515 e. The quantitative estimate of drug-likeness (QED) is 0.696. The summed E-state index contributed by atoms with van der Waals surface area (Å²) in [6, 6.07) is 0. The highest BCUT2D eigenvalue weighted by molar-refractivity contribution is 5.34. The minimum Gasteiger partial charge on any atom is -0.393 e. The summed E-state index contributed by atoms with van der Waals surface area (Å²) in [5.41, 5.74) is 4.50. The molecule has 0 bridgehead atoms. The van der Waals surface area contributed by atoms with Crippen molar-refractivity contribution < 1.29 is 5.11 Å². The number of hydrogen-bond acceptors (Lipinski definition) is 1. The maximum atomic E-state index is 9.36. The first-order valence-corrected chi connectivity index (χ1v) is 5.91. The van der Waals surface area contributed by atoms with Crippen molar-refractivity contribution in [3.05, 3.63) is 23.3 Å². The van der Waals surface area contributed by atoms with Gasteiger partial charge in [-0.15, -0.1) is 0 Å². The van der Waals surface area contributed by atoms with Crippen molar-refractivity contribution in [3.63, 3.8) is 0 Å². The zero-order valence-electron chi connectivity index (χ0n) is 10.6. The topological polar surface area (TPSA) is 20.2 Å². The van der Waals surface area contributed by atoms with Gasteiger partial charge in [-0.05, 0) is 46.5 Å². The molecule has 0 heterocycles. The van der Waals surface area contributed by atoms with Crippen LogP contribution in [0.25, 0.3) is 0 Å². The molecule has 2 atom stereocenters. The van der Waals surface area contributed by atoms with Crippen LogP contribution in [0.2, 0.25) is 0 Å². The summed E-state index contributed by atoms with van der Waals surface area (Å²) < 4.78 is 0. The minimum absolute atomic E-state index is 0.193. The van der Waals surface area contributed by atoms with Gasteiger partial charge in [-0.3, -0.25) is 0 Å². The fraction of sp³-hybridized carbons (Fsp3) is 0.714. The fourth-order valence-electron chi connectivity index (χ4n) is 2.52. The molecule has 1 rings (SSSR count). The molecule has 0 spiro atoms. The number of aliphatic hydroxyl groups excluding tert-OH is 1. The van der Waals surface area contributed by atoms with E-state index in [1.807, 2.05) is 6.92 Å². The maximum Gasteiger partial charge on any atom is 0.0515 e. The van der Waals surface area contributed by atoms with Gasteiger partial charge in [0.15, 0.2) is 0 Å². The first-order chi connectivity index (χ1) is 6.88. The Balaban J connectivity index is 2.81. The molecule has 15 heavy (non-hydrogen) atoms. The SMILES string of the molecule is C=C(C)C1(C)CCC(C)=C1CCC(C)O. The Morgan fingerprint density at radius 1 is 1.60 bits per heavy atom. The fourth-order valence-corrected chi connectivity index (χ4v) is 2.52. The normalized spacial score (nSPS) is 28.3. The predicted octanol–water partition coefficient (Wildman–Crippen LogP) is 3.84. The standard InChI is InChI=1S/C14H24O/c1-10(2)14(5)9-8-11(3)13(14)7-6-12(4)15/h12,15H,1,6-9H2,2-5H3. The Bertz CT molecular complexity index is 286. The lowest BCUT2D eigenvalue weighted by Crippen LogP contribution is -2.18. The van der Waals surface area contributed by atoms with Crippen LogP contribution in [0.15, 0.2) is 23.3 Å². The Morgan fingerprint density at radius 3 is 2.67 bits per heavy atom. The molecule has 0 aliphatic heterocycles. The van der Waals surface area contributed by atoms with Gasteiger partial charge < -0.3 is 5.11 Å². The van der Waals surface area contributed by atoms with E-state index >= 15 is 0 Å². The van der Waals surface area contributed by atoms with Gasteiger partial charge >= 0.3 is 0 Å². The lowest BCUT2D eigenvalue weighted by Gasteiger charge is -2.29. The van der Waals surface area contributed by atoms with Crippen LogP contribution in [0.5, 0.6) is 0 Å². The van der Waals surface area contributed by atoms with Crippen molar-refractivity contribution >= 4 is 0 Å². The average Bonchev–Trinajstić information content (AvgIpc) is 2.41. The molecule has 0 fully saturated rings. The highest BCUT2D eigenvalue weighted by atomic mass is 16.3. The molecule has 0 radical (unpaired) electrons. The number of aliphatic hydroxyl groups is 1. The molecule has 2 unspecified atom stereocenters. The van der Waals surface area contributed by atoms with Gasteiger partial charge in [0.25, 0.3) is 0 Å². The lowest BCUT2D eigenvalue weighted by molar-refractivity contribution is 0.183. The molecule has 1 aliphatic carbocycles. The van der Waals surface area contributed by atoms with Crippen molar-refractivity contribution in [1.82, 2.24) is 0 Å². The van der Waals surface area contributed by atoms with E-state index in [0.29, 0.717) is 0 Å². The Morgan fingerprint density at radius 2 is 2.20 bits per heavy atom. The van der Waals surface area contributed by atoms with Gasteiger partial charge in [-0.25, -0.2) is 0 Å². The predicted molar refractivity (Wildman–Crippen MR) is 65.8 cm³/mol. The van der Waals surface area contributed by atoms with Crippen molar-refractivity contribution in [3.8, 4) is 0 Å². The van der Waals surface area contributed by atoms with Crippen LogP contribution in [-0.4, -0.2) is 11.2 Å². The number of allylic oxidation sites excluding steroid dienone is 3. The Hall–Kier alpha value is -0.560. The van der Waals surface area contributed by atoms with Gasteiger partial charge in [0.05, 0.1) is 6.10 Å². The molecule has 0 amide bonds. The highest BCUT2D eigenvalue weighted by Crippen LogP contribution is 2.49. The molecule has 1 heteroatoms. The van der Waals surface area contributed by atoms with Crippen molar-refractivity contribution in [2.45, 2.75) is 59.5 Å². The first-order valence-electron chi connectivity index (χ1n) is 5.91. The second-order valence-corrected chi connectivity index (χ2v) is 5.26. The molecule has 0 saturated carbocycles. The second-order valence-electron chi connectivity index (χ2n) is 5.26. The van der Waals surface area contributed by atoms with Gasteiger partial charge in [-0.2, -0.15) is 0 Å². The molecule has 0 saturated heterocycles. The van der Waals surface area contributed by atoms with Crippen LogP contribution < -0.4 is 0 Å². The van der Waals surface area contributed by atoms with E-state index in [1.54, 1.807) is 0 Å². The third-order valence-corrected chi connectivity index (χ3v) is 3.94. The number of rotatable bonds is 4. The maximum absolute atomic E-state index is 9.36. The second kappa shape index (κ2) is 4.52. The van der Waals surface area contributed by atoms with E-state index in [1.165, 1.54) is 29.6 Å². The molecule has 1 N–H and O–H groups in total. The van der Waals surface area contributed by atoms with Crippen LogP contribution in [-0.2, 0) is 0 Å². The summed E-state index contributed by atoms with van der Waals surface area (Å²) in [6.45, 7) is 12.6. The van der Waals surface area contributed by atoms with E-state index in [0.717, 1.165) is 12.8 Å². The summed E-state index contributed by atoms with van der Waals surface area (Å²) in [5.74, 6) is 0. The molecule has 0 aromatic heterocycles. The van der Waals surface area contributed by atoms with E-state index in [2.05, 4.69) is 27.4 Å². The average molecular weight is 208 g/mol. The summed E-state index contributed by atoms with van der Waals surface area (Å²) in [4.78, 5) is 0. The molecular weight excluding hydrogens is 184 g/mol. The molecule has 1 aliphatic rings. The van der Waals surface area contributed by atoms with Crippen molar-refractivity contribution in [1.29, 1.82) is 0 Å². The summed E-state index contributed by atoms with van der Waals surface area (Å²) in [7, 11) is 0. The number of hydrogen-bond donors (Lipinski definition) is 1. The molecule has 0 aromatic rings. The van der Waals surface area contributed by atoms with Gasteiger partial charge in [0, 0.05) is 5.41 Å². The molecule has 1 nitrogen and oxygen atoms in total. The molecular formula is C14H24O. The molecule has 0 aromatic carbocycles. The first kappa shape index (κ1) is 12.5. The lowest BCUT2D eigenvalue weighted by atomic mass is 9.75. The van der Waals surface area contributed by atoms with Crippen LogP contribution >= 0.6 is 0 Å². The van der Waals surface area contributed by atoms with E-state index in [9.17, 15) is 5.11 Å². The summed E-state index contributed by atoms with van der Waals surface area (Å²) in [5, 5.41) is 9.36. The van der Waals surface area contributed by atoms with Crippen LogP contribution in [0, 0.1) is 5.41 Å². The zero-order valence-corrected chi connectivity index (χ0v) is 10.6. The molecule has 86 valence electrons. The largest absolute Gasteiger partial charge is 0.393 e. The van der Waals surface area contributed by atoms with Crippen molar-refractivity contribution in [2.24, 2.45) is 5.41 Å². The monoisotopic (exact) mass is 208 g/mol. The third kappa shape index (κ3) is 2.52. The van der Waals surface area contributed by atoms with E-state index in [4.69, 9.17) is 0 Å². The third-order valence-electron chi connectivity index (χ3n) is 3.94. The Labute approximate surface area is 93.9 Å². The van der Waals surface area contributed by atoms with Crippen LogP contribution in [0.4, 0.5) is 0 Å². The van der Waals surface area contributed by atoms with E-state index < -0.39 is 0 Å². The van der Waals surface area contributed by atoms with E-state index in [-0.39, 0.29) is 11.5 Å². The van der Waals surface area contributed by atoms with Crippen LogP contribution in [0.3, 0.4) is 0 Å². The Kier molecular flexibility index (Phi) is 3.77. The van der Waals surface area contributed by atoms with Crippen LogP contribution in [0.1, 0.15) is 53.4 Å². The highest BCUT2D eigenvalue weighted by Gasteiger charge is 2.35. The van der Waals surface area contributed by atoms with Gasteiger partial charge in [0.1, 0.15) is 0 Å². The van der Waals surface area contributed by atoms with Gasteiger partial charge in [-0.1, -0.05) is 30.2 Å². The summed E-state index contributed by atoms with van der Waals surface area (Å²) >= 11 is 0.